The van der Waals surface area contributed by atoms with Crippen molar-refractivity contribution in [3.8, 4) is 5.75 Å². The Morgan fingerprint density at radius 3 is 2.76 bits per heavy atom. The molecule has 1 N–H and O–H groups in total. The smallest absolute Gasteiger partial charge is 0.137 e. The summed E-state index contributed by atoms with van der Waals surface area (Å²) in [5.41, 5.74) is 3.29. The zero-order valence-corrected chi connectivity index (χ0v) is 13.3. The molecule has 0 bridgehead atoms. The highest BCUT2D eigenvalue weighted by Crippen LogP contribution is 2.25. The molecule has 114 valence electrons. The number of nitrogens with one attached hydrogen (secondary N) is 1. The van der Waals surface area contributed by atoms with Gasteiger partial charge >= 0.3 is 0 Å². The third-order valence-electron chi connectivity index (χ3n) is 3.43. The minimum atomic E-state index is 0.0775. The third-order valence-corrected chi connectivity index (χ3v) is 3.43. The van der Waals surface area contributed by atoms with Gasteiger partial charge in [-0.15, -0.1) is 0 Å². The van der Waals surface area contributed by atoms with Gasteiger partial charge < -0.3 is 10.1 Å². The molecule has 0 aliphatic heterocycles. The van der Waals surface area contributed by atoms with Crippen molar-refractivity contribution < 1.29 is 4.74 Å². The molecule has 0 aromatic carbocycles. The molecule has 0 aliphatic rings. The van der Waals surface area contributed by atoms with Gasteiger partial charge in [-0.25, -0.2) is 0 Å². The van der Waals surface area contributed by atoms with Crippen LogP contribution in [-0.2, 0) is 6.54 Å². The van der Waals surface area contributed by atoms with Gasteiger partial charge in [-0.05, 0) is 44.5 Å². The first-order valence-electron chi connectivity index (χ1n) is 7.46. The highest BCUT2D eigenvalue weighted by Gasteiger charge is 2.19. The van der Waals surface area contributed by atoms with Crippen LogP contribution in [0.2, 0.25) is 0 Å². The Balaban J connectivity index is 2.41. The molecule has 1 atom stereocenters. The van der Waals surface area contributed by atoms with Crippen LogP contribution in [0.4, 0.5) is 0 Å². The van der Waals surface area contributed by atoms with E-state index >= 15 is 0 Å². The number of aryl methyl sites for hydroxylation is 2. The highest BCUT2D eigenvalue weighted by molar-refractivity contribution is 5.32. The molecule has 0 saturated carbocycles. The Labute approximate surface area is 126 Å². The maximum absolute atomic E-state index is 5.29. The molecule has 5 nitrogen and oxygen atoms in total. The van der Waals surface area contributed by atoms with Crippen molar-refractivity contribution in [2.45, 2.75) is 39.8 Å². The van der Waals surface area contributed by atoms with E-state index in [1.165, 1.54) is 5.69 Å². The SMILES string of the molecule is CCCNC(c1cncc(OC)c1)c1cc(C)nn1CC. The van der Waals surface area contributed by atoms with Crippen molar-refractivity contribution in [2.24, 2.45) is 0 Å². The molecule has 2 aromatic heterocycles. The monoisotopic (exact) mass is 288 g/mol. The summed E-state index contributed by atoms with van der Waals surface area (Å²) in [5.74, 6) is 0.773. The van der Waals surface area contributed by atoms with E-state index in [1.54, 1.807) is 13.3 Å². The van der Waals surface area contributed by atoms with E-state index in [4.69, 9.17) is 4.74 Å². The molecule has 0 amide bonds. The second kappa shape index (κ2) is 7.22. The second-order valence-corrected chi connectivity index (χ2v) is 5.07. The van der Waals surface area contributed by atoms with Gasteiger partial charge in [0.1, 0.15) is 5.75 Å². The van der Waals surface area contributed by atoms with Crippen LogP contribution in [0.3, 0.4) is 0 Å². The quantitative estimate of drug-likeness (QED) is 0.851. The number of aromatic nitrogens is 3. The molecular weight excluding hydrogens is 264 g/mol. The van der Waals surface area contributed by atoms with Gasteiger partial charge in [0, 0.05) is 12.7 Å². The molecule has 2 rings (SSSR count). The summed E-state index contributed by atoms with van der Waals surface area (Å²) in [4.78, 5) is 4.28. The summed E-state index contributed by atoms with van der Waals surface area (Å²) >= 11 is 0. The van der Waals surface area contributed by atoms with Gasteiger partial charge in [-0.2, -0.15) is 5.10 Å². The van der Waals surface area contributed by atoms with Crippen LogP contribution in [0.15, 0.2) is 24.5 Å². The minimum absolute atomic E-state index is 0.0775. The Bertz CT molecular complexity index is 579. The summed E-state index contributed by atoms with van der Waals surface area (Å²) in [6.07, 6.45) is 4.69. The Morgan fingerprint density at radius 1 is 1.29 bits per heavy atom. The lowest BCUT2D eigenvalue weighted by Crippen LogP contribution is -2.26. The molecule has 1 unspecified atom stereocenters. The largest absolute Gasteiger partial charge is 0.495 e. The molecule has 2 heterocycles. The molecule has 0 fully saturated rings. The van der Waals surface area contributed by atoms with Crippen molar-refractivity contribution >= 4 is 0 Å². The molecule has 0 spiro atoms. The molecule has 5 heteroatoms. The minimum Gasteiger partial charge on any atom is -0.495 e. The van der Waals surface area contributed by atoms with Crippen molar-refractivity contribution in [3.63, 3.8) is 0 Å². The van der Waals surface area contributed by atoms with Gasteiger partial charge in [-0.1, -0.05) is 6.92 Å². The van der Waals surface area contributed by atoms with Crippen molar-refractivity contribution in [2.75, 3.05) is 13.7 Å². The van der Waals surface area contributed by atoms with Crippen LogP contribution in [0.1, 0.15) is 43.3 Å². The first kappa shape index (κ1) is 15.5. The van der Waals surface area contributed by atoms with Crippen LogP contribution in [-0.4, -0.2) is 28.4 Å². The predicted octanol–water partition coefficient (Wildman–Crippen LogP) is 2.70. The maximum Gasteiger partial charge on any atom is 0.137 e. The lowest BCUT2D eigenvalue weighted by Gasteiger charge is -2.20. The van der Waals surface area contributed by atoms with Gasteiger partial charge in [0.25, 0.3) is 0 Å². The van der Waals surface area contributed by atoms with Crippen molar-refractivity contribution in [1.29, 1.82) is 0 Å². The fraction of sp³-hybridized carbons (Fsp3) is 0.500. The fourth-order valence-electron chi connectivity index (χ4n) is 2.44. The Morgan fingerprint density at radius 2 is 2.10 bits per heavy atom. The van der Waals surface area contributed by atoms with E-state index in [2.05, 4.69) is 35.3 Å². The summed E-state index contributed by atoms with van der Waals surface area (Å²) in [6, 6.07) is 4.24. The van der Waals surface area contributed by atoms with Crippen LogP contribution in [0.25, 0.3) is 0 Å². The van der Waals surface area contributed by atoms with Crippen LogP contribution in [0, 0.1) is 6.92 Å². The van der Waals surface area contributed by atoms with E-state index in [-0.39, 0.29) is 6.04 Å². The number of nitrogens with zero attached hydrogens (tertiary/aromatic N) is 3. The number of rotatable bonds is 7. The molecular formula is C16H24N4O. The van der Waals surface area contributed by atoms with Crippen LogP contribution in [0.5, 0.6) is 5.75 Å². The highest BCUT2D eigenvalue weighted by atomic mass is 16.5. The molecule has 0 radical (unpaired) electrons. The average molecular weight is 288 g/mol. The molecule has 21 heavy (non-hydrogen) atoms. The maximum atomic E-state index is 5.29. The summed E-state index contributed by atoms with van der Waals surface area (Å²) in [6.45, 7) is 8.09. The standard InChI is InChI=1S/C16H24N4O/c1-5-7-18-16(13-9-14(21-4)11-17-10-13)15-8-12(3)19-20(15)6-2/h8-11,16,18H,5-7H2,1-4H3. The van der Waals surface area contributed by atoms with Crippen LogP contribution >= 0.6 is 0 Å². The number of methoxy groups -OCH3 is 1. The van der Waals surface area contributed by atoms with Gasteiger partial charge in [0.2, 0.25) is 0 Å². The van der Waals surface area contributed by atoms with E-state index in [0.717, 1.165) is 36.5 Å². The average Bonchev–Trinajstić information content (AvgIpc) is 2.89. The normalized spacial score (nSPS) is 12.4. The summed E-state index contributed by atoms with van der Waals surface area (Å²) < 4.78 is 7.34. The van der Waals surface area contributed by atoms with Gasteiger partial charge in [-0.3, -0.25) is 9.67 Å². The summed E-state index contributed by atoms with van der Waals surface area (Å²) in [5, 5.41) is 8.14. The van der Waals surface area contributed by atoms with Crippen LogP contribution < -0.4 is 10.1 Å². The number of pyridine rings is 1. The number of hydrogen-bond acceptors (Lipinski definition) is 4. The Hall–Kier alpha value is -1.88. The molecule has 2 aromatic rings. The second-order valence-electron chi connectivity index (χ2n) is 5.07. The first-order valence-corrected chi connectivity index (χ1v) is 7.46. The van der Waals surface area contributed by atoms with E-state index in [1.807, 2.05) is 23.9 Å². The van der Waals surface area contributed by atoms with Crippen molar-refractivity contribution in [3.05, 3.63) is 41.5 Å². The zero-order valence-electron chi connectivity index (χ0n) is 13.3. The predicted molar refractivity (Wildman–Crippen MR) is 83.6 cm³/mol. The lowest BCUT2D eigenvalue weighted by molar-refractivity contribution is 0.411. The fourth-order valence-corrected chi connectivity index (χ4v) is 2.44. The van der Waals surface area contributed by atoms with Gasteiger partial charge in [0.15, 0.2) is 0 Å². The van der Waals surface area contributed by atoms with E-state index in [0.29, 0.717) is 0 Å². The van der Waals surface area contributed by atoms with Gasteiger partial charge in [0.05, 0.1) is 30.7 Å². The van der Waals surface area contributed by atoms with E-state index < -0.39 is 0 Å². The van der Waals surface area contributed by atoms with E-state index in [9.17, 15) is 0 Å². The number of ether oxygens (including phenoxy) is 1. The number of hydrogen-bond donors (Lipinski definition) is 1. The third kappa shape index (κ3) is 3.61. The summed E-state index contributed by atoms with van der Waals surface area (Å²) in [7, 11) is 1.66. The van der Waals surface area contributed by atoms with Crippen molar-refractivity contribution in [1.82, 2.24) is 20.1 Å². The first-order chi connectivity index (χ1) is 10.2. The topological polar surface area (TPSA) is 52.0 Å². The lowest BCUT2D eigenvalue weighted by atomic mass is 10.0. The molecule has 0 aliphatic carbocycles. The molecule has 0 saturated heterocycles. The zero-order chi connectivity index (χ0) is 15.2. The Kier molecular flexibility index (Phi) is 5.33.